The van der Waals surface area contributed by atoms with Crippen molar-refractivity contribution in [1.29, 1.82) is 0 Å². The van der Waals surface area contributed by atoms with Gasteiger partial charge in [-0.15, -0.1) is 0 Å². The molecule has 0 aromatic heterocycles. The fraction of sp³-hybridized carbons (Fsp3) is 0.500. The van der Waals surface area contributed by atoms with E-state index in [9.17, 15) is 8.42 Å². The van der Waals surface area contributed by atoms with Crippen LogP contribution in [0.4, 0.5) is 0 Å². The molecule has 3 N–H and O–H groups in total. The first-order valence-corrected chi connectivity index (χ1v) is 8.49. The summed E-state index contributed by atoms with van der Waals surface area (Å²) in [6, 6.07) is 4.89. The smallest absolute Gasteiger partial charge is 0.241 e. The third-order valence-electron chi connectivity index (χ3n) is 3.69. The van der Waals surface area contributed by atoms with E-state index in [4.69, 9.17) is 18.0 Å². The highest BCUT2D eigenvalue weighted by molar-refractivity contribution is 7.89. The largest absolute Gasteiger partial charge is 0.389 e. The van der Waals surface area contributed by atoms with E-state index in [-0.39, 0.29) is 9.88 Å². The first-order chi connectivity index (χ1) is 9.15. The molecule has 1 aromatic rings. The summed E-state index contributed by atoms with van der Waals surface area (Å²) in [5.41, 5.74) is 6.42. The Hall–Kier alpha value is -0.980. The second-order valence-electron chi connectivity index (χ2n) is 5.22. The van der Waals surface area contributed by atoms with Gasteiger partial charge in [0.05, 0.1) is 4.90 Å². The van der Waals surface area contributed by atoms with E-state index in [1.54, 1.807) is 25.1 Å². The number of nitrogens with two attached hydrogens (primary N) is 1. The minimum atomic E-state index is -3.55. The van der Waals surface area contributed by atoms with Gasteiger partial charge in [-0.25, -0.2) is 13.1 Å². The highest BCUT2D eigenvalue weighted by Crippen LogP contribution is 2.22. The second kappa shape index (κ2) is 6.20. The summed E-state index contributed by atoms with van der Waals surface area (Å²) in [6.07, 6.45) is 1.46. The molecule has 0 aliphatic carbocycles. The van der Waals surface area contributed by atoms with Crippen LogP contribution in [-0.2, 0) is 10.0 Å². The molecule has 6 heteroatoms. The average molecular weight is 314 g/mol. The van der Waals surface area contributed by atoms with Crippen molar-refractivity contribution in [2.75, 3.05) is 0 Å². The summed E-state index contributed by atoms with van der Waals surface area (Å²) in [6.45, 7) is 7.58. The third-order valence-corrected chi connectivity index (χ3v) is 5.72. The third kappa shape index (κ3) is 3.77. The lowest BCUT2D eigenvalue weighted by atomic mass is 9.98. The molecule has 0 atom stereocenters. The van der Waals surface area contributed by atoms with Gasteiger partial charge >= 0.3 is 0 Å². The van der Waals surface area contributed by atoms with E-state index in [0.29, 0.717) is 11.1 Å². The van der Waals surface area contributed by atoms with Crippen molar-refractivity contribution in [3.05, 3.63) is 29.3 Å². The quantitative estimate of drug-likeness (QED) is 0.791. The van der Waals surface area contributed by atoms with Gasteiger partial charge in [0, 0.05) is 11.1 Å². The Morgan fingerprint density at radius 1 is 1.35 bits per heavy atom. The number of benzene rings is 1. The molecule has 0 saturated carbocycles. The molecule has 4 nitrogen and oxygen atoms in total. The Morgan fingerprint density at radius 2 is 1.90 bits per heavy atom. The van der Waals surface area contributed by atoms with Crippen LogP contribution in [0.15, 0.2) is 23.1 Å². The van der Waals surface area contributed by atoms with Gasteiger partial charge in [0.15, 0.2) is 0 Å². The molecule has 0 aliphatic rings. The standard InChI is InChI=1S/C14H22N2O2S2/c1-5-14(4,6-2)16-20(17,18)12-8-7-11(13(15)19)9-10(12)3/h7-9,16H,5-6H2,1-4H3,(H2,15,19). The van der Waals surface area contributed by atoms with Gasteiger partial charge in [-0.1, -0.05) is 32.1 Å². The SMILES string of the molecule is CCC(C)(CC)NS(=O)(=O)c1ccc(C(N)=S)cc1C. The van der Waals surface area contributed by atoms with Crippen LogP contribution in [0.25, 0.3) is 0 Å². The zero-order valence-electron chi connectivity index (χ0n) is 12.4. The summed E-state index contributed by atoms with van der Waals surface area (Å²) in [4.78, 5) is 0.530. The normalized spacial score (nSPS) is 12.4. The highest BCUT2D eigenvalue weighted by atomic mass is 32.2. The molecular formula is C14H22N2O2S2. The molecule has 1 aromatic carbocycles. The van der Waals surface area contributed by atoms with Crippen LogP contribution in [0, 0.1) is 6.92 Å². The molecule has 0 amide bonds. The lowest BCUT2D eigenvalue weighted by molar-refractivity contribution is 0.388. The molecule has 1 rings (SSSR count). The van der Waals surface area contributed by atoms with Gasteiger partial charge in [-0.05, 0) is 44.4 Å². The van der Waals surface area contributed by atoms with Gasteiger partial charge in [0.25, 0.3) is 0 Å². The van der Waals surface area contributed by atoms with Crippen molar-refractivity contribution in [1.82, 2.24) is 4.72 Å². The molecule has 0 unspecified atom stereocenters. The summed E-state index contributed by atoms with van der Waals surface area (Å²) in [5.74, 6) is 0. The lowest BCUT2D eigenvalue weighted by Gasteiger charge is -2.28. The molecule has 0 aliphatic heterocycles. The number of aryl methyl sites for hydroxylation is 1. The Bertz CT molecular complexity index is 606. The van der Waals surface area contributed by atoms with Gasteiger partial charge < -0.3 is 5.73 Å². The van der Waals surface area contributed by atoms with Crippen molar-refractivity contribution in [3.63, 3.8) is 0 Å². The van der Waals surface area contributed by atoms with E-state index < -0.39 is 15.6 Å². The van der Waals surface area contributed by atoms with Crippen LogP contribution < -0.4 is 10.5 Å². The van der Waals surface area contributed by atoms with Crippen LogP contribution in [0.3, 0.4) is 0 Å². The van der Waals surface area contributed by atoms with Crippen molar-refractivity contribution < 1.29 is 8.42 Å². The van der Waals surface area contributed by atoms with Gasteiger partial charge in [-0.2, -0.15) is 0 Å². The van der Waals surface area contributed by atoms with Crippen LogP contribution >= 0.6 is 12.2 Å². The zero-order valence-corrected chi connectivity index (χ0v) is 14.0. The maximum atomic E-state index is 12.5. The Kier molecular flexibility index (Phi) is 5.29. The van der Waals surface area contributed by atoms with E-state index in [0.717, 1.165) is 12.8 Å². The minimum Gasteiger partial charge on any atom is -0.389 e. The van der Waals surface area contributed by atoms with Crippen LogP contribution in [0.5, 0.6) is 0 Å². The molecule has 0 bridgehead atoms. The Labute approximate surface area is 126 Å². The van der Waals surface area contributed by atoms with Gasteiger partial charge in [-0.3, -0.25) is 0 Å². The van der Waals surface area contributed by atoms with E-state index in [2.05, 4.69) is 4.72 Å². The first kappa shape index (κ1) is 17.1. The molecule has 0 heterocycles. The number of hydrogen-bond donors (Lipinski definition) is 2. The average Bonchev–Trinajstić information content (AvgIpc) is 2.37. The fourth-order valence-electron chi connectivity index (χ4n) is 1.88. The second-order valence-corrected chi connectivity index (χ2v) is 7.31. The molecular weight excluding hydrogens is 292 g/mol. The van der Waals surface area contributed by atoms with E-state index >= 15 is 0 Å². The van der Waals surface area contributed by atoms with Crippen LogP contribution in [-0.4, -0.2) is 18.9 Å². The molecule has 0 fully saturated rings. The van der Waals surface area contributed by atoms with Crippen molar-refractivity contribution in [2.45, 2.75) is 51.0 Å². The highest BCUT2D eigenvalue weighted by Gasteiger charge is 2.28. The maximum Gasteiger partial charge on any atom is 0.241 e. The predicted molar refractivity (Wildman–Crippen MR) is 86.4 cm³/mol. The monoisotopic (exact) mass is 314 g/mol. The summed E-state index contributed by atoms with van der Waals surface area (Å²) in [5, 5.41) is 0. The number of nitrogens with one attached hydrogen (secondary N) is 1. The molecule has 112 valence electrons. The molecule has 0 spiro atoms. The predicted octanol–water partition coefficient (Wildman–Crippen LogP) is 2.49. The van der Waals surface area contributed by atoms with E-state index in [1.165, 1.54) is 0 Å². The first-order valence-electron chi connectivity index (χ1n) is 6.59. The van der Waals surface area contributed by atoms with Crippen LogP contribution in [0.2, 0.25) is 0 Å². The maximum absolute atomic E-state index is 12.5. The zero-order chi connectivity index (χ0) is 15.6. The minimum absolute atomic E-state index is 0.261. The Balaban J connectivity index is 3.20. The summed E-state index contributed by atoms with van der Waals surface area (Å²) in [7, 11) is -3.55. The van der Waals surface area contributed by atoms with E-state index in [1.807, 2.05) is 20.8 Å². The number of rotatable bonds is 6. The molecule has 20 heavy (non-hydrogen) atoms. The summed E-state index contributed by atoms with van der Waals surface area (Å²) >= 11 is 4.90. The summed E-state index contributed by atoms with van der Waals surface area (Å²) < 4.78 is 27.8. The fourth-order valence-corrected chi connectivity index (χ4v) is 3.78. The number of hydrogen-bond acceptors (Lipinski definition) is 3. The number of thiocarbonyl (C=S) groups is 1. The van der Waals surface area contributed by atoms with Crippen LogP contribution in [0.1, 0.15) is 44.7 Å². The lowest BCUT2D eigenvalue weighted by Crippen LogP contribution is -2.45. The van der Waals surface area contributed by atoms with Gasteiger partial charge in [0.2, 0.25) is 10.0 Å². The van der Waals surface area contributed by atoms with Crippen molar-refractivity contribution in [3.8, 4) is 0 Å². The molecule has 0 saturated heterocycles. The van der Waals surface area contributed by atoms with Crippen molar-refractivity contribution >= 4 is 27.2 Å². The Morgan fingerprint density at radius 3 is 2.30 bits per heavy atom. The molecule has 0 radical (unpaired) electrons. The topological polar surface area (TPSA) is 72.2 Å². The number of sulfonamides is 1. The van der Waals surface area contributed by atoms with Gasteiger partial charge in [0.1, 0.15) is 4.99 Å². The van der Waals surface area contributed by atoms with Crippen molar-refractivity contribution in [2.24, 2.45) is 5.73 Å².